The van der Waals surface area contributed by atoms with Crippen LogP contribution in [0, 0.1) is 5.92 Å². The van der Waals surface area contributed by atoms with Crippen molar-refractivity contribution in [2.45, 2.75) is 11.3 Å². The lowest BCUT2D eigenvalue weighted by atomic mass is 9.95. The summed E-state index contributed by atoms with van der Waals surface area (Å²) in [7, 11) is -1.57. The maximum Gasteiger partial charge on any atom is 0.320 e. The van der Waals surface area contributed by atoms with Gasteiger partial charge in [-0.2, -0.15) is 0 Å². The molecule has 2 aromatic rings. The van der Waals surface area contributed by atoms with E-state index in [1.165, 1.54) is 26.4 Å². The minimum atomic E-state index is -3.90. The van der Waals surface area contributed by atoms with E-state index in [4.69, 9.17) is 0 Å². The van der Waals surface area contributed by atoms with E-state index < -0.39 is 27.7 Å². The van der Waals surface area contributed by atoms with Crippen LogP contribution in [0.4, 0.5) is 0 Å². The first-order chi connectivity index (χ1) is 13.4. The van der Waals surface area contributed by atoms with E-state index >= 15 is 0 Å². The lowest BCUT2D eigenvalue weighted by molar-refractivity contribution is -0.158. The highest BCUT2D eigenvalue weighted by Gasteiger charge is 2.31. The molecule has 0 aliphatic carbocycles. The Labute approximate surface area is 164 Å². The molecular formula is C21H20O6S. The van der Waals surface area contributed by atoms with Crippen LogP contribution in [0.15, 0.2) is 71.8 Å². The minimum absolute atomic E-state index is 0.0911. The van der Waals surface area contributed by atoms with E-state index in [1.807, 2.05) is 0 Å². The number of methoxy groups -OCH3 is 2. The third-order valence-corrected chi connectivity index (χ3v) is 5.93. The number of esters is 2. The maximum absolute atomic E-state index is 13.1. The van der Waals surface area contributed by atoms with Crippen LogP contribution in [-0.2, 0) is 35.3 Å². The number of benzene rings is 2. The molecule has 0 amide bonds. The van der Waals surface area contributed by atoms with Crippen molar-refractivity contribution in [3.05, 3.63) is 78.0 Å². The smallest absolute Gasteiger partial charge is 0.320 e. The summed E-state index contributed by atoms with van der Waals surface area (Å²) in [6, 6.07) is 14.4. The van der Waals surface area contributed by atoms with Crippen molar-refractivity contribution in [1.82, 2.24) is 0 Å². The molecule has 0 saturated heterocycles. The van der Waals surface area contributed by atoms with Gasteiger partial charge >= 0.3 is 11.9 Å². The van der Waals surface area contributed by atoms with Gasteiger partial charge in [0.1, 0.15) is 4.91 Å². The summed E-state index contributed by atoms with van der Waals surface area (Å²) in [5, 5.41) is 0. The highest BCUT2D eigenvalue weighted by Crippen LogP contribution is 2.30. The third kappa shape index (κ3) is 4.39. The van der Waals surface area contributed by atoms with Crippen molar-refractivity contribution in [2.75, 3.05) is 14.2 Å². The Balaban J connectivity index is 2.54. The van der Waals surface area contributed by atoms with Crippen LogP contribution in [-0.4, -0.2) is 34.6 Å². The van der Waals surface area contributed by atoms with Crippen LogP contribution in [0.2, 0.25) is 0 Å². The molecule has 6 nitrogen and oxygen atoms in total. The number of hydrogen-bond donors (Lipinski definition) is 0. The van der Waals surface area contributed by atoms with Gasteiger partial charge in [-0.15, -0.1) is 5.73 Å². The number of hydrogen-bond acceptors (Lipinski definition) is 6. The number of rotatable bonds is 7. The minimum Gasteiger partial charge on any atom is -0.468 e. The molecule has 2 rings (SSSR count). The molecule has 0 N–H and O–H groups in total. The summed E-state index contributed by atoms with van der Waals surface area (Å²) in [4.78, 5) is 24.0. The van der Waals surface area contributed by atoms with Crippen molar-refractivity contribution in [3.8, 4) is 0 Å². The van der Waals surface area contributed by atoms with Crippen molar-refractivity contribution in [1.29, 1.82) is 0 Å². The Morgan fingerprint density at radius 1 is 0.964 bits per heavy atom. The fraction of sp³-hybridized carbons (Fsp3) is 0.190. The van der Waals surface area contributed by atoms with E-state index in [9.17, 15) is 18.0 Å². The van der Waals surface area contributed by atoms with E-state index in [-0.39, 0.29) is 16.2 Å². The summed E-state index contributed by atoms with van der Waals surface area (Å²) in [5.74, 6) is -2.75. The Hall–Kier alpha value is -3.15. The summed E-state index contributed by atoms with van der Waals surface area (Å²) in [5.41, 5.74) is 3.26. The molecule has 28 heavy (non-hydrogen) atoms. The van der Waals surface area contributed by atoms with Crippen LogP contribution in [0.5, 0.6) is 0 Å². The van der Waals surface area contributed by atoms with E-state index in [0.29, 0.717) is 11.1 Å². The maximum atomic E-state index is 13.1. The summed E-state index contributed by atoms with van der Waals surface area (Å²) >= 11 is 0. The standard InChI is InChI=1S/C21H20O6S/c1-4-19(28(24,25)16-11-6-5-7-12-16)17-13-9-8-10-15(17)14-18(20(22)26-2)21(23)27-3/h5-13,18H,1,14H2,2-3H3. The molecular weight excluding hydrogens is 380 g/mol. The van der Waals surface area contributed by atoms with Gasteiger partial charge in [-0.1, -0.05) is 49.0 Å². The fourth-order valence-corrected chi connectivity index (χ4v) is 4.17. The van der Waals surface area contributed by atoms with Crippen LogP contribution in [0.25, 0.3) is 4.91 Å². The normalized spacial score (nSPS) is 10.8. The molecule has 0 fully saturated rings. The molecule has 7 heteroatoms. The third-order valence-electron chi connectivity index (χ3n) is 4.14. The van der Waals surface area contributed by atoms with Crippen molar-refractivity contribution in [2.24, 2.45) is 5.92 Å². The SMILES string of the molecule is C=C=C(c1ccccc1CC(C(=O)OC)C(=O)OC)S(=O)(=O)c1ccccc1. The van der Waals surface area contributed by atoms with Crippen LogP contribution >= 0.6 is 0 Å². The molecule has 0 heterocycles. The molecule has 0 radical (unpaired) electrons. The monoisotopic (exact) mass is 400 g/mol. The summed E-state index contributed by atoms with van der Waals surface area (Å²) < 4.78 is 35.5. The Bertz CT molecular complexity index is 1000. The Morgan fingerprint density at radius 3 is 2.04 bits per heavy atom. The molecule has 0 aliphatic heterocycles. The molecule has 0 aliphatic rings. The van der Waals surface area contributed by atoms with Crippen molar-refractivity contribution < 1.29 is 27.5 Å². The number of ether oxygens (including phenoxy) is 2. The average Bonchev–Trinajstić information content (AvgIpc) is 2.72. The van der Waals surface area contributed by atoms with Gasteiger partial charge in [0.2, 0.25) is 9.84 Å². The molecule has 2 aromatic carbocycles. The second kappa shape index (κ2) is 9.17. The number of sulfone groups is 1. The zero-order chi connectivity index (χ0) is 20.7. The van der Waals surface area contributed by atoms with Gasteiger partial charge in [-0.25, -0.2) is 8.42 Å². The Kier molecular flexibility index (Phi) is 6.93. The first-order valence-electron chi connectivity index (χ1n) is 8.31. The largest absolute Gasteiger partial charge is 0.468 e. The van der Waals surface area contributed by atoms with E-state index in [2.05, 4.69) is 21.8 Å². The van der Waals surface area contributed by atoms with E-state index in [0.717, 1.165) is 0 Å². The second-order valence-corrected chi connectivity index (χ2v) is 7.67. The van der Waals surface area contributed by atoms with Gasteiger partial charge in [0, 0.05) is 5.56 Å². The zero-order valence-corrected chi connectivity index (χ0v) is 16.4. The number of carbonyl (C=O) groups excluding carboxylic acids is 2. The average molecular weight is 400 g/mol. The highest BCUT2D eigenvalue weighted by molar-refractivity contribution is 8.00. The molecule has 0 aromatic heterocycles. The van der Waals surface area contributed by atoms with Gasteiger partial charge in [0.05, 0.1) is 19.1 Å². The first kappa shape index (κ1) is 21.2. The van der Waals surface area contributed by atoms with Crippen molar-refractivity contribution >= 4 is 26.7 Å². The molecule has 0 spiro atoms. The second-order valence-electron chi connectivity index (χ2n) is 5.78. The topological polar surface area (TPSA) is 86.7 Å². The summed E-state index contributed by atoms with van der Waals surface area (Å²) in [6.07, 6.45) is -0.0923. The first-order valence-corrected chi connectivity index (χ1v) is 9.79. The lowest BCUT2D eigenvalue weighted by Gasteiger charge is -2.16. The predicted molar refractivity (Wildman–Crippen MR) is 104 cm³/mol. The van der Waals surface area contributed by atoms with Crippen LogP contribution < -0.4 is 0 Å². The molecule has 146 valence electrons. The van der Waals surface area contributed by atoms with Gasteiger partial charge < -0.3 is 9.47 Å². The van der Waals surface area contributed by atoms with Crippen molar-refractivity contribution in [3.63, 3.8) is 0 Å². The van der Waals surface area contributed by atoms with Gasteiger partial charge in [-0.05, 0) is 24.1 Å². The summed E-state index contributed by atoms with van der Waals surface area (Å²) in [6.45, 7) is 3.53. The van der Waals surface area contributed by atoms with Crippen LogP contribution in [0.1, 0.15) is 11.1 Å². The lowest BCUT2D eigenvalue weighted by Crippen LogP contribution is -2.28. The van der Waals surface area contributed by atoms with Gasteiger partial charge in [0.25, 0.3) is 0 Å². The quantitative estimate of drug-likeness (QED) is 0.404. The van der Waals surface area contributed by atoms with Gasteiger partial charge in [-0.3, -0.25) is 9.59 Å². The molecule has 0 saturated carbocycles. The molecule has 0 unspecified atom stereocenters. The molecule has 0 bridgehead atoms. The zero-order valence-electron chi connectivity index (χ0n) is 15.5. The predicted octanol–water partition coefficient (Wildman–Crippen LogP) is 2.79. The fourth-order valence-electron chi connectivity index (χ4n) is 2.74. The highest BCUT2D eigenvalue weighted by atomic mass is 32.2. The Morgan fingerprint density at radius 2 is 1.50 bits per heavy atom. The molecule has 0 atom stereocenters. The van der Waals surface area contributed by atoms with Crippen LogP contribution in [0.3, 0.4) is 0 Å². The van der Waals surface area contributed by atoms with Gasteiger partial charge in [0.15, 0.2) is 5.92 Å². The van der Waals surface area contributed by atoms with E-state index in [1.54, 1.807) is 42.5 Å². The number of carbonyl (C=O) groups is 2.